The summed E-state index contributed by atoms with van der Waals surface area (Å²) >= 11 is 1.42. The van der Waals surface area contributed by atoms with Gasteiger partial charge < -0.3 is 10.1 Å². The SMILES string of the molecule is COC(=O)C1C2CCC(C2)C1NC(=O)c1cccs1. The van der Waals surface area contributed by atoms with Gasteiger partial charge in [-0.1, -0.05) is 6.07 Å². The van der Waals surface area contributed by atoms with Crippen LogP contribution in [0.1, 0.15) is 28.9 Å². The van der Waals surface area contributed by atoms with E-state index in [9.17, 15) is 9.59 Å². The second-order valence-corrected chi connectivity index (χ2v) is 6.31. The Morgan fingerprint density at radius 2 is 2.16 bits per heavy atom. The number of amides is 1. The molecule has 1 N–H and O–H groups in total. The molecule has 2 aliphatic rings. The Balaban J connectivity index is 1.75. The van der Waals surface area contributed by atoms with Gasteiger partial charge in [-0.05, 0) is 42.5 Å². The molecule has 0 radical (unpaired) electrons. The minimum Gasteiger partial charge on any atom is -0.469 e. The average Bonchev–Trinajstić information content (AvgIpc) is 3.13. The van der Waals surface area contributed by atoms with Crippen molar-refractivity contribution in [2.45, 2.75) is 25.3 Å². The van der Waals surface area contributed by atoms with Gasteiger partial charge >= 0.3 is 5.97 Å². The summed E-state index contributed by atoms with van der Waals surface area (Å²) in [6, 6.07) is 3.61. The number of nitrogens with one attached hydrogen (secondary N) is 1. The molecule has 3 rings (SSSR count). The molecular weight excluding hydrogens is 262 g/mol. The van der Waals surface area contributed by atoms with Crippen LogP contribution >= 0.6 is 11.3 Å². The van der Waals surface area contributed by atoms with Crippen molar-refractivity contribution in [3.05, 3.63) is 22.4 Å². The standard InChI is InChI=1S/C14H17NO3S/c1-18-14(17)11-8-4-5-9(7-8)12(11)15-13(16)10-3-2-6-19-10/h2-3,6,8-9,11-12H,4-5,7H2,1H3,(H,15,16). The first kappa shape index (κ1) is 12.7. The molecule has 1 aromatic heterocycles. The molecule has 0 aromatic carbocycles. The number of esters is 1. The third kappa shape index (κ3) is 2.16. The highest BCUT2D eigenvalue weighted by atomic mass is 32.1. The first-order valence-corrected chi connectivity index (χ1v) is 7.51. The van der Waals surface area contributed by atoms with E-state index in [2.05, 4.69) is 5.32 Å². The van der Waals surface area contributed by atoms with E-state index < -0.39 is 0 Å². The predicted molar refractivity (Wildman–Crippen MR) is 71.9 cm³/mol. The van der Waals surface area contributed by atoms with E-state index in [4.69, 9.17) is 4.74 Å². The lowest BCUT2D eigenvalue weighted by Crippen LogP contribution is -2.47. The zero-order valence-electron chi connectivity index (χ0n) is 10.8. The highest BCUT2D eigenvalue weighted by Gasteiger charge is 2.52. The van der Waals surface area contributed by atoms with Crippen LogP contribution in [0.5, 0.6) is 0 Å². The van der Waals surface area contributed by atoms with E-state index in [0.29, 0.717) is 16.7 Å². The molecule has 4 unspecified atom stereocenters. The highest BCUT2D eigenvalue weighted by Crippen LogP contribution is 2.49. The fourth-order valence-corrected chi connectivity index (χ4v) is 4.23. The third-order valence-corrected chi connectivity index (χ3v) is 5.30. The molecule has 2 fully saturated rings. The van der Waals surface area contributed by atoms with Gasteiger partial charge in [-0.3, -0.25) is 9.59 Å². The highest BCUT2D eigenvalue weighted by molar-refractivity contribution is 7.12. The van der Waals surface area contributed by atoms with E-state index in [1.54, 1.807) is 6.07 Å². The molecule has 2 saturated carbocycles. The second kappa shape index (κ2) is 4.96. The summed E-state index contributed by atoms with van der Waals surface area (Å²) in [5.41, 5.74) is 0. The zero-order valence-corrected chi connectivity index (χ0v) is 11.6. The van der Waals surface area contributed by atoms with Gasteiger partial charge in [-0.15, -0.1) is 11.3 Å². The van der Waals surface area contributed by atoms with E-state index in [1.807, 2.05) is 11.4 Å². The van der Waals surface area contributed by atoms with E-state index in [0.717, 1.165) is 19.3 Å². The molecule has 5 heteroatoms. The van der Waals surface area contributed by atoms with Gasteiger partial charge in [0.2, 0.25) is 0 Å². The largest absolute Gasteiger partial charge is 0.469 e. The lowest BCUT2D eigenvalue weighted by Gasteiger charge is -2.29. The van der Waals surface area contributed by atoms with Gasteiger partial charge in [0, 0.05) is 6.04 Å². The molecule has 4 nitrogen and oxygen atoms in total. The van der Waals surface area contributed by atoms with Gasteiger partial charge in [-0.25, -0.2) is 0 Å². The van der Waals surface area contributed by atoms with Crippen LogP contribution in [0.25, 0.3) is 0 Å². The van der Waals surface area contributed by atoms with Crippen molar-refractivity contribution in [2.75, 3.05) is 7.11 Å². The van der Waals surface area contributed by atoms with Crippen LogP contribution in [0.4, 0.5) is 0 Å². The smallest absolute Gasteiger partial charge is 0.311 e. The van der Waals surface area contributed by atoms with Gasteiger partial charge in [0.25, 0.3) is 5.91 Å². The minimum absolute atomic E-state index is 0.0548. The van der Waals surface area contributed by atoms with Crippen molar-refractivity contribution in [3.63, 3.8) is 0 Å². The summed E-state index contributed by atoms with van der Waals surface area (Å²) < 4.78 is 4.90. The third-order valence-electron chi connectivity index (χ3n) is 4.43. The van der Waals surface area contributed by atoms with Crippen molar-refractivity contribution in [2.24, 2.45) is 17.8 Å². The molecule has 1 aromatic rings. The molecule has 4 atom stereocenters. The number of hydrogen-bond acceptors (Lipinski definition) is 4. The van der Waals surface area contributed by atoms with E-state index >= 15 is 0 Å². The van der Waals surface area contributed by atoms with Crippen molar-refractivity contribution in [3.8, 4) is 0 Å². The summed E-state index contributed by atoms with van der Waals surface area (Å²) in [4.78, 5) is 24.8. The Labute approximate surface area is 116 Å². The molecule has 0 spiro atoms. The molecule has 19 heavy (non-hydrogen) atoms. The number of thiophene rings is 1. The molecule has 102 valence electrons. The van der Waals surface area contributed by atoms with E-state index in [1.165, 1.54) is 18.4 Å². The van der Waals surface area contributed by atoms with Crippen LogP contribution in [0.2, 0.25) is 0 Å². The van der Waals surface area contributed by atoms with E-state index in [-0.39, 0.29) is 23.8 Å². The van der Waals surface area contributed by atoms with Crippen molar-refractivity contribution >= 4 is 23.2 Å². The Kier molecular flexibility index (Phi) is 3.31. The van der Waals surface area contributed by atoms with Crippen LogP contribution in [-0.4, -0.2) is 25.0 Å². The topological polar surface area (TPSA) is 55.4 Å². The Bertz CT molecular complexity index is 485. The summed E-state index contributed by atoms with van der Waals surface area (Å²) in [7, 11) is 1.42. The second-order valence-electron chi connectivity index (χ2n) is 5.36. The molecule has 0 aliphatic heterocycles. The summed E-state index contributed by atoms with van der Waals surface area (Å²) in [6.07, 6.45) is 3.22. The molecular formula is C14H17NO3S. The molecule has 0 saturated heterocycles. The van der Waals surface area contributed by atoms with Gasteiger partial charge in [-0.2, -0.15) is 0 Å². The Hall–Kier alpha value is -1.36. The maximum atomic E-state index is 12.1. The van der Waals surface area contributed by atoms with Crippen molar-refractivity contribution in [1.82, 2.24) is 5.32 Å². The fourth-order valence-electron chi connectivity index (χ4n) is 3.60. The Morgan fingerprint density at radius 1 is 1.37 bits per heavy atom. The normalized spacial score (nSPS) is 32.3. The number of rotatable bonds is 3. The Morgan fingerprint density at radius 3 is 2.84 bits per heavy atom. The van der Waals surface area contributed by atoms with Gasteiger partial charge in [0.1, 0.15) is 0 Å². The number of methoxy groups -OCH3 is 1. The lowest BCUT2D eigenvalue weighted by atomic mass is 9.84. The van der Waals surface area contributed by atoms with Crippen LogP contribution in [-0.2, 0) is 9.53 Å². The lowest BCUT2D eigenvalue weighted by molar-refractivity contribution is -0.148. The van der Waals surface area contributed by atoms with Crippen LogP contribution < -0.4 is 5.32 Å². The number of carbonyl (C=O) groups excluding carboxylic acids is 2. The quantitative estimate of drug-likeness (QED) is 0.862. The predicted octanol–water partition coefficient (Wildman–Crippen LogP) is 2.07. The molecule has 2 bridgehead atoms. The molecule has 2 aliphatic carbocycles. The fraction of sp³-hybridized carbons (Fsp3) is 0.571. The van der Waals surface area contributed by atoms with Crippen molar-refractivity contribution < 1.29 is 14.3 Å². The first-order valence-electron chi connectivity index (χ1n) is 6.63. The summed E-state index contributed by atoms with van der Waals surface area (Å²) in [5.74, 6) is 0.405. The maximum Gasteiger partial charge on any atom is 0.311 e. The van der Waals surface area contributed by atoms with Gasteiger partial charge in [0.05, 0.1) is 17.9 Å². The number of ether oxygens (including phenoxy) is 1. The van der Waals surface area contributed by atoms with Crippen LogP contribution in [0, 0.1) is 17.8 Å². The van der Waals surface area contributed by atoms with Crippen molar-refractivity contribution in [1.29, 1.82) is 0 Å². The number of fused-ring (bicyclic) bond motifs is 2. The molecule has 1 amide bonds. The molecule has 1 heterocycles. The number of hydrogen-bond donors (Lipinski definition) is 1. The van der Waals surface area contributed by atoms with Gasteiger partial charge in [0.15, 0.2) is 0 Å². The summed E-state index contributed by atoms with van der Waals surface area (Å²) in [5, 5.41) is 4.93. The minimum atomic E-state index is -0.177. The zero-order chi connectivity index (χ0) is 13.4. The maximum absolute atomic E-state index is 12.1. The number of carbonyl (C=O) groups is 2. The first-order chi connectivity index (χ1) is 9.20. The average molecular weight is 279 g/mol. The monoisotopic (exact) mass is 279 g/mol. The van der Waals surface area contributed by atoms with Crippen LogP contribution in [0.3, 0.4) is 0 Å². The van der Waals surface area contributed by atoms with Crippen LogP contribution in [0.15, 0.2) is 17.5 Å². The summed E-state index contributed by atoms with van der Waals surface area (Å²) in [6.45, 7) is 0.